The van der Waals surface area contributed by atoms with E-state index in [4.69, 9.17) is 5.73 Å². The molecule has 0 saturated heterocycles. The SMILES string of the molecule is CC(C)c1ccnc(-c2nc3nc(C(=O)O)nc(NC(C)C(C)C)c3n2Cc2ccc(C(F)(F)F)cc2N)c1. The second-order valence-corrected chi connectivity index (χ2v) is 10.1. The molecule has 9 nitrogen and oxygen atoms in total. The molecule has 4 aromatic rings. The molecule has 3 aromatic heterocycles. The van der Waals surface area contributed by atoms with Gasteiger partial charge >= 0.3 is 12.1 Å². The maximum atomic E-state index is 13.3. The molecular weight excluding hydrogens is 511 g/mol. The molecule has 4 rings (SSSR count). The molecule has 0 saturated carbocycles. The number of nitrogens with zero attached hydrogens (tertiary/aromatic N) is 5. The Kier molecular flexibility index (Phi) is 7.49. The van der Waals surface area contributed by atoms with E-state index in [0.717, 1.165) is 17.7 Å². The standard InChI is InChI=1S/C27H30F3N7O2/c1-13(2)15(5)33-22-21-23(35-24(34-22)26(38)39)36-25(20-10-16(14(3)4)8-9-32-20)37(21)12-17-6-7-18(11-19(17)31)27(28,29)30/h6-11,13-15H,12,31H2,1-5H3,(H,38,39)(H,33,34,35). The number of aromatic nitrogens is 5. The number of carboxylic acid groups (broad SMARTS) is 1. The minimum atomic E-state index is -4.54. The van der Waals surface area contributed by atoms with Gasteiger partial charge in [-0.15, -0.1) is 0 Å². The first-order valence-corrected chi connectivity index (χ1v) is 12.5. The Morgan fingerprint density at radius 1 is 1.08 bits per heavy atom. The first-order chi connectivity index (χ1) is 18.3. The predicted molar refractivity (Wildman–Crippen MR) is 142 cm³/mol. The minimum absolute atomic E-state index is 0.0178. The smallest absolute Gasteiger partial charge is 0.416 e. The molecule has 12 heteroatoms. The third-order valence-electron chi connectivity index (χ3n) is 6.64. The van der Waals surface area contributed by atoms with Crippen molar-refractivity contribution in [1.29, 1.82) is 0 Å². The number of hydrogen-bond donors (Lipinski definition) is 3. The summed E-state index contributed by atoms with van der Waals surface area (Å²) < 4.78 is 41.5. The van der Waals surface area contributed by atoms with Gasteiger partial charge in [-0.05, 0) is 54.2 Å². The molecule has 0 aliphatic carbocycles. The fourth-order valence-corrected chi connectivity index (χ4v) is 3.98. The first kappa shape index (κ1) is 27.8. The van der Waals surface area contributed by atoms with E-state index in [2.05, 4.69) is 25.3 Å². The number of imidazole rings is 1. The van der Waals surface area contributed by atoms with Gasteiger partial charge in [0.05, 0.1) is 12.1 Å². The van der Waals surface area contributed by atoms with Crippen LogP contribution in [-0.2, 0) is 12.7 Å². The van der Waals surface area contributed by atoms with Crippen molar-refractivity contribution >= 4 is 28.6 Å². The van der Waals surface area contributed by atoms with E-state index in [1.54, 1.807) is 10.8 Å². The number of benzene rings is 1. The summed E-state index contributed by atoms with van der Waals surface area (Å²) in [6.07, 6.45) is -2.89. The number of halogens is 3. The van der Waals surface area contributed by atoms with E-state index < -0.39 is 23.5 Å². The van der Waals surface area contributed by atoms with Crippen LogP contribution >= 0.6 is 0 Å². The number of alkyl halides is 3. The summed E-state index contributed by atoms with van der Waals surface area (Å²) in [5.41, 5.74) is 7.57. The number of carbonyl (C=O) groups is 1. The number of nitrogens with two attached hydrogens (primary N) is 1. The van der Waals surface area contributed by atoms with Gasteiger partial charge in [0.25, 0.3) is 0 Å². The second-order valence-electron chi connectivity index (χ2n) is 10.1. The highest BCUT2D eigenvalue weighted by atomic mass is 19.4. The molecule has 4 N–H and O–H groups in total. The molecule has 1 atom stereocenters. The summed E-state index contributed by atoms with van der Waals surface area (Å²) >= 11 is 0. The van der Waals surface area contributed by atoms with E-state index in [0.29, 0.717) is 22.6 Å². The van der Waals surface area contributed by atoms with Crippen molar-refractivity contribution in [1.82, 2.24) is 24.5 Å². The zero-order valence-corrected chi connectivity index (χ0v) is 22.2. The molecule has 39 heavy (non-hydrogen) atoms. The van der Waals surface area contributed by atoms with Crippen LogP contribution in [0.5, 0.6) is 0 Å². The lowest BCUT2D eigenvalue weighted by Crippen LogP contribution is -2.23. The number of pyridine rings is 1. The van der Waals surface area contributed by atoms with E-state index in [-0.39, 0.29) is 41.6 Å². The van der Waals surface area contributed by atoms with E-state index in [1.807, 2.05) is 46.8 Å². The average Bonchev–Trinajstić information content (AvgIpc) is 3.23. The van der Waals surface area contributed by atoms with Crippen LogP contribution in [0.15, 0.2) is 36.5 Å². The van der Waals surface area contributed by atoms with Gasteiger partial charge < -0.3 is 20.7 Å². The summed E-state index contributed by atoms with van der Waals surface area (Å²) in [6.45, 7) is 10.0. The zero-order chi connectivity index (χ0) is 28.6. The molecule has 206 valence electrons. The number of hydrogen-bond acceptors (Lipinski definition) is 7. The lowest BCUT2D eigenvalue weighted by atomic mass is 10.0. The lowest BCUT2D eigenvalue weighted by molar-refractivity contribution is -0.137. The van der Waals surface area contributed by atoms with Crippen molar-refractivity contribution in [2.75, 3.05) is 11.1 Å². The van der Waals surface area contributed by atoms with Crippen molar-refractivity contribution in [3.8, 4) is 11.5 Å². The average molecular weight is 542 g/mol. The van der Waals surface area contributed by atoms with Crippen LogP contribution in [0.25, 0.3) is 22.7 Å². The molecule has 1 aromatic carbocycles. The predicted octanol–water partition coefficient (Wildman–Crippen LogP) is 5.82. The Hall–Kier alpha value is -4.22. The van der Waals surface area contributed by atoms with Gasteiger partial charge in [0.15, 0.2) is 17.3 Å². The van der Waals surface area contributed by atoms with Crippen LogP contribution < -0.4 is 11.1 Å². The highest BCUT2D eigenvalue weighted by Crippen LogP contribution is 2.34. The highest BCUT2D eigenvalue weighted by molar-refractivity contribution is 5.92. The van der Waals surface area contributed by atoms with Crippen molar-refractivity contribution in [3.05, 3.63) is 59.0 Å². The summed E-state index contributed by atoms with van der Waals surface area (Å²) in [5, 5.41) is 12.9. The van der Waals surface area contributed by atoms with E-state index in [1.165, 1.54) is 6.07 Å². The molecule has 0 spiro atoms. The molecule has 0 amide bonds. The van der Waals surface area contributed by atoms with Gasteiger partial charge in [-0.2, -0.15) is 13.2 Å². The first-order valence-electron chi connectivity index (χ1n) is 12.5. The van der Waals surface area contributed by atoms with Crippen LogP contribution in [-0.4, -0.2) is 41.6 Å². The van der Waals surface area contributed by atoms with Crippen molar-refractivity contribution in [2.45, 2.75) is 59.3 Å². The number of anilines is 2. The second kappa shape index (κ2) is 10.5. The van der Waals surface area contributed by atoms with Gasteiger partial charge in [-0.1, -0.05) is 33.8 Å². The van der Waals surface area contributed by atoms with E-state index in [9.17, 15) is 23.1 Å². The Morgan fingerprint density at radius 2 is 1.79 bits per heavy atom. The van der Waals surface area contributed by atoms with Gasteiger partial charge in [0, 0.05) is 17.9 Å². The Morgan fingerprint density at radius 3 is 2.38 bits per heavy atom. The fraction of sp³-hybridized carbons (Fsp3) is 0.370. The maximum Gasteiger partial charge on any atom is 0.416 e. The lowest BCUT2D eigenvalue weighted by Gasteiger charge is -2.20. The normalized spacial score (nSPS) is 12.9. The Balaban J connectivity index is 1.99. The molecule has 0 radical (unpaired) electrons. The van der Waals surface area contributed by atoms with Gasteiger partial charge in [-0.25, -0.2) is 19.7 Å². The molecular formula is C27H30F3N7O2. The van der Waals surface area contributed by atoms with Crippen molar-refractivity contribution in [2.24, 2.45) is 5.92 Å². The number of rotatable bonds is 8. The Bertz CT molecular complexity index is 1530. The molecule has 1 unspecified atom stereocenters. The highest BCUT2D eigenvalue weighted by Gasteiger charge is 2.31. The van der Waals surface area contributed by atoms with Crippen LogP contribution in [0.4, 0.5) is 24.7 Å². The summed E-state index contributed by atoms with van der Waals surface area (Å²) in [7, 11) is 0. The van der Waals surface area contributed by atoms with Crippen molar-refractivity contribution < 1.29 is 23.1 Å². The van der Waals surface area contributed by atoms with E-state index >= 15 is 0 Å². The van der Waals surface area contributed by atoms with Gasteiger partial charge in [0.2, 0.25) is 5.82 Å². The number of carboxylic acids is 1. The quantitative estimate of drug-likeness (QED) is 0.238. The van der Waals surface area contributed by atoms with Crippen LogP contribution in [0.3, 0.4) is 0 Å². The summed E-state index contributed by atoms with van der Waals surface area (Å²) in [5.74, 6) is -0.797. The Labute approximate surface area is 223 Å². The molecule has 3 heterocycles. The third-order valence-corrected chi connectivity index (χ3v) is 6.64. The minimum Gasteiger partial charge on any atom is -0.475 e. The number of fused-ring (bicyclic) bond motifs is 1. The third kappa shape index (κ3) is 5.79. The number of nitrogens with one attached hydrogen (secondary N) is 1. The topological polar surface area (TPSA) is 132 Å². The monoisotopic (exact) mass is 541 g/mol. The van der Waals surface area contributed by atoms with Crippen molar-refractivity contribution in [3.63, 3.8) is 0 Å². The summed E-state index contributed by atoms with van der Waals surface area (Å²) in [4.78, 5) is 29.4. The van der Waals surface area contributed by atoms with Crippen LogP contribution in [0.1, 0.15) is 67.8 Å². The van der Waals surface area contributed by atoms with Crippen LogP contribution in [0, 0.1) is 5.92 Å². The maximum absolute atomic E-state index is 13.3. The number of nitrogen functional groups attached to an aromatic ring is 1. The molecule has 0 bridgehead atoms. The zero-order valence-electron chi connectivity index (χ0n) is 22.2. The largest absolute Gasteiger partial charge is 0.475 e. The number of aromatic carboxylic acids is 1. The molecule has 0 fully saturated rings. The molecule has 0 aliphatic heterocycles. The fourth-order valence-electron chi connectivity index (χ4n) is 3.98. The van der Waals surface area contributed by atoms with Gasteiger partial charge in [-0.3, -0.25) is 4.98 Å². The molecule has 0 aliphatic rings. The van der Waals surface area contributed by atoms with Crippen LogP contribution in [0.2, 0.25) is 0 Å². The van der Waals surface area contributed by atoms with Gasteiger partial charge in [0.1, 0.15) is 11.2 Å². The summed E-state index contributed by atoms with van der Waals surface area (Å²) in [6, 6.07) is 6.84.